The van der Waals surface area contributed by atoms with Crippen molar-refractivity contribution < 1.29 is 18.7 Å². The Labute approximate surface area is 258 Å². The van der Waals surface area contributed by atoms with Crippen molar-refractivity contribution in [3.63, 3.8) is 0 Å². The number of aliphatic hydroxyl groups is 1. The van der Waals surface area contributed by atoms with Gasteiger partial charge in [-0.05, 0) is 135 Å². The Balaban J connectivity index is 1.48. The van der Waals surface area contributed by atoms with Gasteiger partial charge in [-0.15, -0.1) is 0 Å². The smallest absolute Gasteiger partial charge is 0.338 e. The van der Waals surface area contributed by atoms with Gasteiger partial charge in [0.05, 0.1) is 6.33 Å². The summed E-state index contributed by atoms with van der Waals surface area (Å²) in [5, 5.41) is 14.4. The molecule has 0 amide bonds. The molecular weight excluding hydrogens is 763 g/mol. The molecule has 1 aromatic heterocycles. The number of ketones is 1. The van der Waals surface area contributed by atoms with Crippen LogP contribution in [0.4, 0.5) is 8.78 Å². The molecule has 4 nitrogen and oxygen atoms in total. The van der Waals surface area contributed by atoms with Gasteiger partial charge in [-0.3, -0.25) is 4.79 Å². The van der Waals surface area contributed by atoms with Crippen molar-refractivity contribution in [1.82, 2.24) is 9.55 Å². The zero-order chi connectivity index (χ0) is 27.6. The van der Waals surface area contributed by atoms with Gasteiger partial charge < -0.3 is 9.67 Å². The fraction of sp³-hybridized carbons (Fsp3) is 0.483. The van der Waals surface area contributed by atoms with E-state index in [1.54, 1.807) is 12.5 Å². The van der Waals surface area contributed by atoms with E-state index in [1.165, 1.54) is 11.1 Å². The first-order chi connectivity index (χ1) is 18.5. The third-order valence-corrected chi connectivity index (χ3v) is 14.5. The predicted octanol–water partition coefficient (Wildman–Crippen LogP) is 8.93. The highest BCUT2D eigenvalue weighted by atomic mass is 127. The monoisotopic (exact) mass is 792 g/mol. The van der Waals surface area contributed by atoms with Crippen molar-refractivity contribution in [2.45, 2.75) is 69.3 Å². The molecule has 206 valence electrons. The van der Waals surface area contributed by atoms with E-state index < -0.39 is 19.3 Å². The molecule has 2 aromatic rings. The molecule has 3 unspecified atom stereocenters. The SMILES string of the molecule is C[C@]12CC(c3ccc(-n4ccnc4)cc3)C3=C4CCC(=O)C=C4CCC3C1CC[C@@]2(O)C(F)(F)C#SP(I)I. The molecule has 1 heterocycles. The zero-order valence-corrected chi connectivity index (χ0v) is 27.4. The second-order valence-electron chi connectivity index (χ2n) is 11.4. The van der Waals surface area contributed by atoms with Gasteiger partial charge in [0.1, 0.15) is 8.01 Å². The number of hydrogen-bond acceptors (Lipinski definition) is 3. The molecule has 5 atom stereocenters. The maximum absolute atomic E-state index is 15.9. The van der Waals surface area contributed by atoms with E-state index in [-0.39, 0.29) is 30.0 Å². The molecule has 4 aliphatic carbocycles. The number of nitrogens with zero attached hydrogens (tertiary/aromatic N) is 2. The number of imidazole rings is 1. The Morgan fingerprint density at radius 3 is 2.67 bits per heavy atom. The van der Waals surface area contributed by atoms with Crippen molar-refractivity contribution in [3.05, 3.63) is 71.3 Å². The average molecular weight is 792 g/mol. The highest BCUT2D eigenvalue weighted by Gasteiger charge is 2.71. The van der Waals surface area contributed by atoms with E-state index in [9.17, 15) is 9.90 Å². The molecule has 39 heavy (non-hydrogen) atoms. The van der Waals surface area contributed by atoms with Crippen LogP contribution in [0.5, 0.6) is 0 Å². The molecule has 2 saturated carbocycles. The van der Waals surface area contributed by atoms with E-state index >= 15 is 8.78 Å². The average Bonchev–Trinajstić information content (AvgIpc) is 3.54. The molecule has 0 aliphatic heterocycles. The Kier molecular flexibility index (Phi) is 7.67. The van der Waals surface area contributed by atoms with Crippen LogP contribution in [-0.2, 0) is 4.79 Å². The summed E-state index contributed by atoms with van der Waals surface area (Å²) < 4.78 is 33.1. The lowest BCUT2D eigenvalue weighted by Gasteiger charge is -2.55. The molecule has 0 bridgehead atoms. The maximum atomic E-state index is 15.9. The standard InChI is InChI=1S/C29H29F2I2N2O2PS/c1-27-15-24(18-2-5-20(6-3-18)35-13-12-34-17-35)26-22-9-7-21(36)14-19(22)4-8-23(26)25(27)10-11-28(27,37)29(30,31)16-39-38(32)33/h2-3,5-6,12-14,17,23-25,37H,4,7-11,15H2,1H3/t23?,24?,25?,27-,28-/m0/s1. The van der Waals surface area contributed by atoms with Crippen molar-refractivity contribution in [1.29, 1.82) is 0 Å². The van der Waals surface area contributed by atoms with E-state index in [0.29, 0.717) is 19.3 Å². The lowest BCUT2D eigenvalue weighted by Crippen LogP contribution is -2.59. The molecule has 4 aliphatic rings. The third kappa shape index (κ3) is 4.71. The molecule has 0 saturated heterocycles. The number of halogens is 4. The van der Waals surface area contributed by atoms with Gasteiger partial charge in [0.2, 0.25) is 0 Å². The number of carbonyl (C=O) groups is 1. The van der Waals surface area contributed by atoms with Gasteiger partial charge >= 0.3 is 5.92 Å². The maximum Gasteiger partial charge on any atom is 0.338 e. The van der Waals surface area contributed by atoms with Gasteiger partial charge in [-0.1, -0.05) is 35.4 Å². The molecule has 1 aromatic carbocycles. The fourth-order valence-electron chi connectivity index (χ4n) is 7.95. The van der Waals surface area contributed by atoms with Gasteiger partial charge in [0, 0.05) is 35.8 Å². The summed E-state index contributed by atoms with van der Waals surface area (Å²) in [7, 11) is 1.02. The number of allylic oxidation sites excluding steroid dienone is 4. The lowest BCUT2D eigenvalue weighted by atomic mass is 9.50. The number of alkyl halides is 2. The van der Waals surface area contributed by atoms with Gasteiger partial charge in [0.25, 0.3) is 0 Å². The summed E-state index contributed by atoms with van der Waals surface area (Å²) >= 11 is 4.30. The molecule has 1 N–H and O–H groups in total. The molecule has 6 rings (SSSR count). The Morgan fingerprint density at radius 2 is 1.97 bits per heavy atom. The second kappa shape index (κ2) is 10.5. The van der Waals surface area contributed by atoms with Crippen LogP contribution in [0.3, 0.4) is 0 Å². The van der Waals surface area contributed by atoms with Crippen molar-refractivity contribution >= 4 is 63.1 Å². The number of aromatic nitrogens is 2. The first-order valence-electron chi connectivity index (χ1n) is 13.2. The minimum Gasteiger partial charge on any atom is -0.382 e. The Hall–Kier alpha value is -0.710. The Bertz CT molecular complexity index is 1430. The largest absolute Gasteiger partial charge is 0.382 e. The summed E-state index contributed by atoms with van der Waals surface area (Å²) in [5.41, 5.74) is 2.67. The zero-order valence-electron chi connectivity index (χ0n) is 21.4. The number of benzene rings is 1. The van der Waals surface area contributed by atoms with Gasteiger partial charge in [0.15, 0.2) is 5.78 Å². The third-order valence-electron chi connectivity index (χ3n) is 9.75. The summed E-state index contributed by atoms with van der Waals surface area (Å²) in [6.45, 7) is 1.91. The normalized spacial score (nSPS) is 32.3. The van der Waals surface area contributed by atoms with Crippen LogP contribution in [0, 0.1) is 22.4 Å². The molecule has 2 fully saturated rings. The number of hydrogen-bond donors (Lipinski definition) is 1. The second-order valence-corrected chi connectivity index (χ2v) is 29.1. The molecule has 10 heteroatoms. The van der Waals surface area contributed by atoms with E-state index in [4.69, 9.17) is 0 Å². The van der Waals surface area contributed by atoms with Crippen molar-refractivity contribution in [2.75, 3.05) is 0 Å². The van der Waals surface area contributed by atoms with Crippen LogP contribution in [-0.4, -0.2) is 32.0 Å². The summed E-state index contributed by atoms with van der Waals surface area (Å²) in [5.74, 6) is -3.26. The minimum absolute atomic E-state index is 0.0379. The quantitative estimate of drug-likeness (QED) is 0.250. The summed E-state index contributed by atoms with van der Waals surface area (Å²) in [6.07, 6.45) is 11.1. The predicted molar refractivity (Wildman–Crippen MR) is 170 cm³/mol. The number of carbonyl (C=O) groups excluding carboxylic acids is 1. The van der Waals surface area contributed by atoms with E-state index in [1.807, 2.05) is 35.9 Å². The molecule has 0 radical (unpaired) electrons. The van der Waals surface area contributed by atoms with Crippen LogP contribution in [0.25, 0.3) is 5.69 Å². The fourth-order valence-corrected chi connectivity index (χ4v) is 10.6. The minimum atomic E-state index is -3.42. The van der Waals surface area contributed by atoms with E-state index in [0.717, 1.165) is 46.9 Å². The van der Waals surface area contributed by atoms with Crippen molar-refractivity contribution in [3.8, 4) is 10.9 Å². The lowest BCUT2D eigenvalue weighted by molar-refractivity contribution is -0.208. The highest BCUT2D eigenvalue weighted by Crippen LogP contribution is 2.69. The Morgan fingerprint density at radius 1 is 1.21 bits per heavy atom. The summed E-state index contributed by atoms with van der Waals surface area (Å²) in [6, 6.07) is 8.29. The molecular formula is C29H29F2I2N2O2PS. The topological polar surface area (TPSA) is 55.1 Å². The van der Waals surface area contributed by atoms with E-state index in [2.05, 4.69) is 66.4 Å². The highest BCUT2D eigenvalue weighted by molar-refractivity contribution is 14.3. The number of fused-ring (bicyclic) bond motifs is 4. The van der Waals surface area contributed by atoms with Crippen LogP contribution < -0.4 is 0 Å². The van der Waals surface area contributed by atoms with Crippen LogP contribution in [0.15, 0.2) is 65.8 Å². The summed E-state index contributed by atoms with van der Waals surface area (Å²) in [4.78, 5) is 16.4. The van der Waals surface area contributed by atoms with Crippen LogP contribution in [0.1, 0.15) is 63.4 Å². The van der Waals surface area contributed by atoms with Gasteiger partial charge in [-0.2, -0.15) is 8.78 Å². The molecule has 0 spiro atoms. The number of rotatable bonds is 3. The first kappa shape index (κ1) is 28.4. The van der Waals surface area contributed by atoms with Crippen molar-refractivity contribution in [2.24, 2.45) is 17.3 Å². The van der Waals surface area contributed by atoms with Gasteiger partial charge in [-0.25, -0.2) is 4.98 Å². The van der Waals surface area contributed by atoms with Crippen LogP contribution in [0.2, 0.25) is 0 Å². The first-order valence-corrected chi connectivity index (χ1v) is 21.6. The van der Waals surface area contributed by atoms with Crippen LogP contribution >= 0.6 is 57.3 Å².